The van der Waals surface area contributed by atoms with E-state index in [1.807, 2.05) is 31.2 Å². The summed E-state index contributed by atoms with van der Waals surface area (Å²) in [5.74, 6) is 0.451. The molecule has 0 spiro atoms. The largest absolute Gasteiger partial charge is 0.346 e. The number of benzene rings is 2. The Balaban J connectivity index is 2.05. The molecular weight excluding hydrogens is 258 g/mol. The van der Waals surface area contributed by atoms with E-state index in [-0.39, 0.29) is 11.9 Å². The zero-order valence-electron chi connectivity index (χ0n) is 13.2. The molecule has 21 heavy (non-hydrogen) atoms. The highest BCUT2D eigenvalue weighted by molar-refractivity contribution is 5.94. The van der Waals surface area contributed by atoms with Crippen molar-refractivity contribution in [3.8, 4) is 0 Å². The summed E-state index contributed by atoms with van der Waals surface area (Å²) >= 11 is 0. The molecule has 1 N–H and O–H groups in total. The van der Waals surface area contributed by atoms with E-state index in [0.717, 1.165) is 5.56 Å². The fraction of sp³-hybridized carbons (Fsp3) is 0.316. The van der Waals surface area contributed by atoms with Crippen molar-refractivity contribution in [3.63, 3.8) is 0 Å². The third-order valence-electron chi connectivity index (χ3n) is 3.76. The first-order valence-corrected chi connectivity index (χ1v) is 7.44. The third kappa shape index (κ3) is 3.94. The number of carbonyl (C=O) groups excluding carboxylic acids is 1. The highest BCUT2D eigenvalue weighted by Gasteiger charge is 2.11. The first-order chi connectivity index (χ1) is 9.97. The van der Waals surface area contributed by atoms with Crippen molar-refractivity contribution in [2.75, 3.05) is 0 Å². The van der Waals surface area contributed by atoms with E-state index in [1.54, 1.807) is 0 Å². The number of hydrogen-bond acceptors (Lipinski definition) is 1. The minimum absolute atomic E-state index is 0.00266. The number of carbonyl (C=O) groups is 1. The zero-order chi connectivity index (χ0) is 15.4. The molecule has 1 amide bonds. The molecule has 0 fully saturated rings. The minimum Gasteiger partial charge on any atom is -0.346 e. The molecule has 2 aromatic carbocycles. The van der Waals surface area contributed by atoms with Gasteiger partial charge < -0.3 is 5.32 Å². The van der Waals surface area contributed by atoms with Gasteiger partial charge in [-0.3, -0.25) is 4.79 Å². The van der Waals surface area contributed by atoms with Crippen molar-refractivity contribution >= 4 is 5.91 Å². The Kier molecular flexibility index (Phi) is 4.79. The molecular formula is C19H23NO. The van der Waals surface area contributed by atoms with Crippen molar-refractivity contribution in [2.24, 2.45) is 0 Å². The Hall–Kier alpha value is -2.09. The molecule has 2 nitrogen and oxygen atoms in total. The van der Waals surface area contributed by atoms with E-state index < -0.39 is 0 Å². The quantitative estimate of drug-likeness (QED) is 0.871. The number of aryl methyl sites for hydroxylation is 1. The normalized spacial score (nSPS) is 12.2. The molecule has 0 saturated heterocycles. The SMILES string of the molecule is Cc1ccc(C(C)NC(=O)c2ccc(C(C)C)cc2)cc1. The number of hydrogen-bond donors (Lipinski definition) is 1. The van der Waals surface area contributed by atoms with Gasteiger partial charge in [0.15, 0.2) is 0 Å². The molecule has 1 atom stereocenters. The van der Waals surface area contributed by atoms with Gasteiger partial charge in [-0.25, -0.2) is 0 Å². The minimum atomic E-state index is -0.0293. The second kappa shape index (κ2) is 6.57. The highest BCUT2D eigenvalue weighted by Crippen LogP contribution is 2.16. The second-order valence-electron chi connectivity index (χ2n) is 5.88. The lowest BCUT2D eigenvalue weighted by atomic mass is 10.0. The van der Waals surface area contributed by atoms with Crippen LogP contribution < -0.4 is 5.32 Å². The molecule has 0 aromatic heterocycles. The van der Waals surface area contributed by atoms with Gasteiger partial charge in [0.1, 0.15) is 0 Å². The molecule has 2 aromatic rings. The number of amides is 1. The van der Waals surface area contributed by atoms with Crippen molar-refractivity contribution in [2.45, 2.75) is 39.7 Å². The standard InChI is InChI=1S/C19H23NO/c1-13(2)16-9-11-18(12-10-16)19(21)20-15(4)17-7-5-14(3)6-8-17/h5-13,15H,1-4H3,(H,20,21). The molecule has 1 unspecified atom stereocenters. The maximum Gasteiger partial charge on any atom is 0.251 e. The lowest BCUT2D eigenvalue weighted by Crippen LogP contribution is -2.26. The van der Waals surface area contributed by atoms with Gasteiger partial charge in [-0.15, -0.1) is 0 Å². The Morgan fingerprint density at radius 1 is 0.857 bits per heavy atom. The Labute approximate surface area is 127 Å². The van der Waals surface area contributed by atoms with E-state index in [0.29, 0.717) is 11.5 Å². The maximum absolute atomic E-state index is 12.3. The number of nitrogens with one attached hydrogen (secondary N) is 1. The van der Waals surface area contributed by atoms with Gasteiger partial charge in [0.25, 0.3) is 5.91 Å². The summed E-state index contributed by atoms with van der Waals surface area (Å²) in [5, 5.41) is 3.04. The average Bonchev–Trinajstić information content (AvgIpc) is 2.47. The van der Waals surface area contributed by atoms with Crippen LogP contribution in [0.2, 0.25) is 0 Å². The first-order valence-electron chi connectivity index (χ1n) is 7.44. The molecule has 110 valence electrons. The van der Waals surface area contributed by atoms with Gasteiger partial charge in [0.05, 0.1) is 6.04 Å². The maximum atomic E-state index is 12.3. The van der Waals surface area contributed by atoms with E-state index in [4.69, 9.17) is 0 Å². The monoisotopic (exact) mass is 281 g/mol. The lowest BCUT2D eigenvalue weighted by Gasteiger charge is -2.15. The Morgan fingerprint density at radius 3 is 1.90 bits per heavy atom. The van der Waals surface area contributed by atoms with E-state index in [9.17, 15) is 4.79 Å². The van der Waals surface area contributed by atoms with Crippen molar-refractivity contribution < 1.29 is 4.79 Å². The molecule has 0 radical (unpaired) electrons. The van der Waals surface area contributed by atoms with Crippen LogP contribution in [0.25, 0.3) is 0 Å². The van der Waals surface area contributed by atoms with Crippen LogP contribution in [-0.2, 0) is 0 Å². The van der Waals surface area contributed by atoms with Crippen LogP contribution in [0.15, 0.2) is 48.5 Å². The molecule has 0 aliphatic heterocycles. The van der Waals surface area contributed by atoms with Crippen LogP contribution in [-0.4, -0.2) is 5.91 Å². The smallest absolute Gasteiger partial charge is 0.251 e. The van der Waals surface area contributed by atoms with Gasteiger partial charge in [-0.2, -0.15) is 0 Å². The van der Waals surface area contributed by atoms with Crippen molar-refractivity contribution in [1.82, 2.24) is 5.32 Å². The molecule has 0 saturated carbocycles. The predicted octanol–water partition coefficient (Wildman–Crippen LogP) is 4.61. The second-order valence-corrected chi connectivity index (χ2v) is 5.88. The van der Waals surface area contributed by atoms with Crippen molar-refractivity contribution in [3.05, 3.63) is 70.8 Å². The van der Waals surface area contributed by atoms with Gasteiger partial charge >= 0.3 is 0 Å². The molecule has 2 heteroatoms. The summed E-state index contributed by atoms with van der Waals surface area (Å²) in [6.07, 6.45) is 0. The fourth-order valence-corrected chi connectivity index (χ4v) is 2.24. The fourth-order valence-electron chi connectivity index (χ4n) is 2.24. The summed E-state index contributed by atoms with van der Waals surface area (Å²) in [6, 6.07) is 16.1. The van der Waals surface area contributed by atoms with E-state index in [2.05, 4.69) is 50.4 Å². The van der Waals surface area contributed by atoms with Crippen LogP contribution in [0.4, 0.5) is 0 Å². The molecule has 2 rings (SSSR count). The summed E-state index contributed by atoms with van der Waals surface area (Å²) in [7, 11) is 0. The van der Waals surface area contributed by atoms with Gasteiger partial charge in [0, 0.05) is 5.56 Å². The molecule has 0 heterocycles. The molecule has 0 bridgehead atoms. The lowest BCUT2D eigenvalue weighted by molar-refractivity contribution is 0.0940. The van der Waals surface area contributed by atoms with E-state index in [1.165, 1.54) is 11.1 Å². The number of rotatable bonds is 4. The molecule has 0 aliphatic carbocycles. The summed E-state index contributed by atoms with van der Waals surface area (Å²) in [6.45, 7) is 8.36. The predicted molar refractivity (Wildman–Crippen MR) is 87.6 cm³/mol. The third-order valence-corrected chi connectivity index (χ3v) is 3.76. The topological polar surface area (TPSA) is 29.1 Å². The Bertz CT molecular complexity index is 596. The van der Waals surface area contributed by atoms with Crippen LogP contribution in [0, 0.1) is 6.92 Å². The van der Waals surface area contributed by atoms with Crippen LogP contribution >= 0.6 is 0 Å². The zero-order valence-corrected chi connectivity index (χ0v) is 13.2. The van der Waals surface area contributed by atoms with Crippen LogP contribution in [0.5, 0.6) is 0 Å². The first kappa shape index (κ1) is 15.3. The Morgan fingerprint density at radius 2 is 1.38 bits per heavy atom. The summed E-state index contributed by atoms with van der Waals surface area (Å²) in [4.78, 5) is 12.3. The van der Waals surface area contributed by atoms with Gasteiger partial charge in [0.2, 0.25) is 0 Å². The van der Waals surface area contributed by atoms with Gasteiger partial charge in [-0.1, -0.05) is 55.8 Å². The summed E-state index contributed by atoms with van der Waals surface area (Å²) < 4.78 is 0. The van der Waals surface area contributed by atoms with Crippen molar-refractivity contribution in [1.29, 1.82) is 0 Å². The van der Waals surface area contributed by atoms with Crippen LogP contribution in [0.1, 0.15) is 59.8 Å². The molecule has 0 aliphatic rings. The van der Waals surface area contributed by atoms with Crippen LogP contribution in [0.3, 0.4) is 0 Å². The van der Waals surface area contributed by atoms with Gasteiger partial charge in [-0.05, 0) is 43.0 Å². The average molecular weight is 281 g/mol. The van der Waals surface area contributed by atoms with E-state index >= 15 is 0 Å². The highest BCUT2D eigenvalue weighted by atomic mass is 16.1. The summed E-state index contributed by atoms with van der Waals surface area (Å²) in [5.41, 5.74) is 4.30.